The molecule has 0 radical (unpaired) electrons. The Morgan fingerprint density at radius 1 is 1.29 bits per heavy atom. The number of carboxylic acids is 1. The van der Waals surface area contributed by atoms with E-state index in [1.54, 1.807) is 19.1 Å². The number of benzene rings is 1. The first-order valence-corrected chi connectivity index (χ1v) is 7.15. The van der Waals surface area contributed by atoms with E-state index in [2.05, 4.69) is 10.6 Å². The van der Waals surface area contributed by atoms with E-state index in [1.165, 1.54) is 6.07 Å². The number of hydrogen-bond donors (Lipinski definition) is 4. The number of carboxylic acid groups (broad SMARTS) is 1. The molecule has 2 rings (SSSR count). The summed E-state index contributed by atoms with van der Waals surface area (Å²) in [4.78, 5) is 23.3. The van der Waals surface area contributed by atoms with Crippen molar-refractivity contribution in [2.75, 3.05) is 5.32 Å². The van der Waals surface area contributed by atoms with Gasteiger partial charge in [0.15, 0.2) is 0 Å². The Hall–Kier alpha value is -2.08. The minimum absolute atomic E-state index is 0.0414. The summed E-state index contributed by atoms with van der Waals surface area (Å²) in [6.07, 6.45) is 3.88. The lowest BCUT2D eigenvalue weighted by molar-refractivity contribution is 0.0698. The number of anilines is 1. The van der Waals surface area contributed by atoms with E-state index in [0.29, 0.717) is 11.3 Å². The maximum Gasteiger partial charge on any atom is 0.337 e. The summed E-state index contributed by atoms with van der Waals surface area (Å²) in [5, 5.41) is 14.7. The molecule has 0 spiro atoms. The van der Waals surface area contributed by atoms with Gasteiger partial charge in [0.2, 0.25) is 0 Å². The van der Waals surface area contributed by atoms with Crippen molar-refractivity contribution in [3.8, 4) is 0 Å². The SMILES string of the molecule is Cc1cccc(C(=O)O)c1NC(=O)NC1CCCCC1N. The molecule has 0 bridgehead atoms. The quantitative estimate of drug-likeness (QED) is 0.684. The van der Waals surface area contributed by atoms with Crippen LogP contribution in [0.25, 0.3) is 0 Å². The predicted molar refractivity (Wildman–Crippen MR) is 80.5 cm³/mol. The van der Waals surface area contributed by atoms with Crippen LogP contribution in [0.4, 0.5) is 10.5 Å². The Labute approximate surface area is 123 Å². The minimum Gasteiger partial charge on any atom is -0.478 e. The summed E-state index contributed by atoms with van der Waals surface area (Å²) in [6, 6.07) is 4.37. The zero-order valence-electron chi connectivity index (χ0n) is 12.1. The van der Waals surface area contributed by atoms with Gasteiger partial charge >= 0.3 is 12.0 Å². The van der Waals surface area contributed by atoms with Gasteiger partial charge in [-0.1, -0.05) is 25.0 Å². The van der Waals surface area contributed by atoms with Crippen molar-refractivity contribution in [1.29, 1.82) is 0 Å². The van der Waals surface area contributed by atoms with Crippen LogP contribution in [0.2, 0.25) is 0 Å². The number of aryl methyl sites for hydroxylation is 1. The summed E-state index contributed by atoms with van der Waals surface area (Å²) in [7, 11) is 0. The number of aromatic carboxylic acids is 1. The number of nitrogens with two attached hydrogens (primary N) is 1. The average molecular weight is 291 g/mol. The van der Waals surface area contributed by atoms with Gasteiger partial charge in [-0.15, -0.1) is 0 Å². The molecule has 21 heavy (non-hydrogen) atoms. The van der Waals surface area contributed by atoms with Crippen LogP contribution in [0.15, 0.2) is 18.2 Å². The molecule has 0 aromatic heterocycles. The van der Waals surface area contributed by atoms with Crippen LogP contribution in [-0.4, -0.2) is 29.2 Å². The number of nitrogens with one attached hydrogen (secondary N) is 2. The zero-order valence-corrected chi connectivity index (χ0v) is 12.1. The monoisotopic (exact) mass is 291 g/mol. The molecule has 0 aliphatic heterocycles. The van der Waals surface area contributed by atoms with Gasteiger partial charge in [0.25, 0.3) is 0 Å². The highest BCUT2D eigenvalue weighted by Gasteiger charge is 2.24. The van der Waals surface area contributed by atoms with Crippen molar-refractivity contribution in [1.82, 2.24) is 5.32 Å². The number of carbonyl (C=O) groups excluding carboxylic acids is 1. The van der Waals surface area contributed by atoms with Crippen LogP contribution in [0, 0.1) is 6.92 Å². The Balaban J connectivity index is 2.07. The molecule has 1 aliphatic carbocycles. The molecule has 6 heteroatoms. The topological polar surface area (TPSA) is 104 Å². The van der Waals surface area contributed by atoms with Crippen LogP contribution < -0.4 is 16.4 Å². The molecule has 2 unspecified atom stereocenters. The number of urea groups is 1. The highest BCUT2D eigenvalue weighted by molar-refractivity contribution is 6.01. The minimum atomic E-state index is -1.07. The Kier molecular flexibility index (Phi) is 4.80. The van der Waals surface area contributed by atoms with Crippen molar-refractivity contribution in [2.45, 2.75) is 44.7 Å². The molecule has 0 saturated heterocycles. The van der Waals surface area contributed by atoms with Crippen LogP contribution in [0.5, 0.6) is 0 Å². The zero-order chi connectivity index (χ0) is 15.4. The Morgan fingerprint density at radius 3 is 2.67 bits per heavy atom. The second-order valence-corrected chi connectivity index (χ2v) is 5.46. The van der Waals surface area contributed by atoms with E-state index in [0.717, 1.165) is 25.7 Å². The maximum atomic E-state index is 12.1. The van der Waals surface area contributed by atoms with Gasteiger partial charge < -0.3 is 21.5 Å². The first kappa shape index (κ1) is 15.3. The van der Waals surface area contributed by atoms with Crippen molar-refractivity contribution < 1.29 is 14.7 Å². The van der Waals surface area contributed by atoms with E-state index in [1.807, 2.05) is 0 Å². The lowest BCUT2D eigenvalue weighted by Gasteiger charge is -2.29. The normalized spacial score (nSPS) is 21.6. The molecule has 1 aliphatic rings. The van der Waals surface area contributed by atoms with Gasteiger partial charge in [0, 0.05) is 12.1 Å². The molecular formula is C15H21N3O3. The molecule has 1 fully saturated rings. The van der Waals surface area contributed by atoms with Gasteiger partial charge in [-0.05, 0) is 31.4 Å². The second-order valence-electron chi connectivity index (χ2n) is 5.46. The van der Waals surface area contributed by atoms with E-state index >= 15 is 0 Å². The number of para-hydroxylation sites is 1. The number of rotatable bonds is 3. The van der Waals surface area contributed by atoms with Crippen LogP contribution in [0.3, 0.4) is 0 Å². The Bertz CT molecular complexity index is 545. The van der Waals surface area contributed by atoms with E-state index in [-0.39, 0.29) is 17.6 Å². The molecule has 1 saturated carbocycles. The van der Waals surface area contributed by atoms with Crippen molar-refractivity contribution in [3.63, 3.8) is 0 Å². The summed E-state index contributed by atoms with van der Waals surface area (Å²) >= 11 is 0. The lowest BCUT2D eigenvalue weighted by atomic mass is 9.91. The van der Waals surface area contributed by atoms with Gasteiger partial charge in [0.05, 0.1) is 11.3 Å². The fraction of sp³-hybridized carbons (Fsp3) is 0.467. The van der Waals surface area contributed by atoms with Crippen molar-refractivity contribution in [2.24, 2.45) is 5.73 Å². The third-order valence-electron chi connectivity index (χ3n) is 3.88. The summed E-state index contributed by atoms with van der Waals surface area (Å²) < 4.78 is 0. The maximum absolute atomic E-state index is 12.1. The van der Waals surface area contributed by atoms with Gasteiger partial charge in [0.1, 0.15) is 0 Å². The smallest absolute Gasteiger partial charge is 0.337 e. The summed E-state index contributed by atoms with van der Waals surface area (Å²) in [6.45, 7) is 1.76. The molecule has 1 aromatic rings. The van der Waals surface area contributed by atoms with E-state index < -0.39 is 12.0 Å². The third-order valence-corrected chi connectivity index (χ3v) is 3.88. The molecule has 2 amide bonds. The van der Waals surface area contributed by atoms with Crippen LogP contribution in [0.1, 0.15) is 41.6 Å². The first-order chi connectivity index (χ1) is 9.99. The van der Waals surface area contributed by atoms with Crippen molar-refractivity contribution >= 4 is 17.7 Å². The predicted octanol–water partition coefficient (Wildman–Crippen LogP) is 2.08. The fourth-order valence-electron chi connectivity index (χ4n) is 2.67. The summed E-state index contributed by atoms with van der Waals surface area (Å²) in [5.41, 5.74) is 7.11. The van der Waals surface area contributed by atoms with E-state index in [4.69, 9.17) is 5.73 Å². The lowest BCUT2D eigenvalue weighted by Crippen LogP contribution is -2.50. The number of amides is 2. The first-order valence-electron chi connectivity index (χ1n) is 7.15. The molecule has 114 valence electrons. The molecule has 1 aromatic carbocycles. The summed E-state index contributed by atoms with van der Waals surface area (Å²) in [5.74, 6) is -1.07. The average Bonchev–Trinajstić information content (AvgIpc) is 2.43. The van der Waals surface area contributed by atoms with Gasteiger partial charge in [-0.2, -0.15) is 0 Å². The largest absolute Gasteiger partial charge is 0.478 e. The standard InChI is InChI=1S/C15H21N3O3/c1-9-5-4-6-10(14(19)20)13(9)18-15(21)17-12-8-3-2-7-11(12)16/h4-6,11-12H,2-3,7-8,16H2,1H3,(H,19,20)(H2,17,18,21). The molecule has 6 nitrogen and oxygen atoms in total. The highest BCUT2D eigenvalue weighted by atomic mass is 16.4. The molecule has 2 atom stereocenters. The van der Waals surface area contributed by atoms with Crippen LogP contribution in [-0.2, 0) is 0 Å². The number of carbonyl (C=O) groups is 2. The molecule has 5 N–H and O–H groups in total. The molecule has 0 heterocycles. The van der Waals surface area contributed by atoms with E-state index in [9.17, 15) is 14.7 Å². The fourth-order valence-corrected chi connectivity index (χ4v) is 2.67. The molecular weight excluding hydrogens is 270 g/mol. The second kappa shape index (κ2) is 6.58. The van der Waals surface area contributed by atoms with Gasteiger partial charge in [-0.3, -0.25) is 0 Å². The Morgan fingerprint density at radius 2 is 2.00 bits per heavy atom. The van der Waals surface area contributed by atoms with Crippen LogP contribution >= 0.6 is 0 Å². The van der Waals surface area contributed by atoms with Crippen molar-refractivity contribution in [3.05, 3.63) is 29.3 Å². The highest BCUT2D eigenvalue weighted by Crippen LogP contribution is 2.21. The third kappa shape index (κ3) is 3.72. The van der Waals surface area contributed by atoms with Gasteiger partial charge in [-0.25, -0.2) is 9.59 Å². The number of hydrogen-bond acceptors (Lipinski definition) is 3.